The highest BCUT2D eigenvalue weighted by molar-refractivity contribution is 7.17. The zero-order valence-corrected chi connectivity index (χ0v) is 12.4. The van der Waals surface area contributed by atoms with Crippen molar-refractivity contribution in [3.05, 3.63) is 51.9 Å². The molecule has 0 aliphatic heterocycles. The first kappa shape index (κ1) is 13.5. The molecule has 2 heterocycles. The van der Waals surface area contributed by atoms with E-state index in [0.29, 0.717) is 10.2 Å². The number of aryl methyl sites for hydroxylation is 1. The van der Waals surface area contributed by atoms with Gasteiger partial charge in [-0.25, -0.2) is 4.98 Å². The van der Waals surface area contributed by atoms with Gasteiger partial charge in [-0.3, -0.25) is 9.36 Å². The third-order valence-electron chi connectivity index (χ3n) is 3.47. The first-order chi connectivity index (χ1) is 10.2. The monoisotopic (exact) mass is 295 g/mol. The minimum atomic E-state index is -0.155. The van der Waals surface area contributed by atoms with Gasteiger partial charge in [0.2, 0.25) is 0 Å². The van der Waals surface area contributed by atoms with E-state index in [1.165, 1.54) is 27.8 Å². The average molecular weight is 295 g/mol. The van der Waals surface area contributed by atoms with Crippen LogP contribution in [0.25, 0.3) is 21.3 Å². The molecule has 104 valence electrons. The Morgan fingerprint density at radius 2 is 2.10 bits per heavy atom. The number of hydrogen-bond donors (Lipinski definition) is 0. The summed E-state index contributed by atoms with van der Waals surface area (Å²) in [6, 6.07) is 10.2. The Balaban J connectivity index is 2.20. The predicted molar refractivity (Wildman–Crippen MR) is 84.3 cm³/mol. The maximum Gasteiger partial charge on any atom is 0.263 e. The summed E-state index contributed by atoms with van der Waals surface area (Å²) in [4.78, 5) is 17.5. The second kappa shape index (κ2) is 5.51. The molecule has 3 aromatic rings. The maximum atomic E-state index is 12.5. The van der Waals surface area contributed by atoms with E-state index in [-0.39, 0.29) is 12.1 Å². The Bertz CT molecular complexity index is 885. The third kappa shape index (κ3) is 2.34. The van der Waals surface area contributed by atoms with Gasteiger partial charge in [0, 0.05) is 10.9 Å². The van der Waals surface area contributed by atoms with Crippen LogP contribution in [0.1, 0.15) is 12.5 Å². The molecule has 0 aliphatic rings. The van der Waals surface area contributed by atoms with E-state index in [1.54, 1.807) is 0 Å². The first-order valence-corrected chi connectivity index (χ1v) is 7.55. The molecule has 5 heteroatoms. The average Bonchev–Trinajstić information content (AvgIpc) is 2.95. The van der Waals surface area contributed by atoms with Gasteiger partial charge < -0.3 is 0 Å². The number of fused-ring (bicyclic) bond motifs is 1. The van der Waals surface area contributed by atoms with Crippen molar-refractivity contribution in [2.75, 3.05) is 0 Å². The molecule has 4 nitrogen and oxygen atoms in total. The summed E-state index contributed by atoms with van der Waals surface area (Å²) in [6.45, 7) is 2.13. The third-order valence-corrected chi connectivity index (χ3v) is 4.36. The number of hydrogen-bond acceptors (Lipinski definition) is 4. The van der Waals surface area contributed by atoms with E-state index in [1.807, 2.05) is 23.6 Å². The van der Waals surface area contributed by atoms with Gasteiger partial charge in [0.05, 0.1) is 11.5 Å². The number of thiophene rings is 1. The van der Waals surface area contributed by atoms with E-state index in [2.05, 4.69) is 24.0 Å². The molecule has 21 heavy (non-hydrogen) atoms. The van der Waals surface area contributed by atoms with Crippen LogP contribution in [0.3, 0.4) is 0 Å². The van der Waals surface area contributed by atoms with Gasteiger partial charge in [0.25, 0.3) is 5.56 Å². The smallest absolute Gasteiger partial charge is 0.263 e. The minimum absolute atomic E-state index is 0.0197. The van der Waals surface area contributed by atoms with Crippen LogP contribution in [0.15, 0.2) is 40.8 Å². The van der Waals surface area contributed by atoms with Gasteiger partial charge in [-0.2, -0.15) is 5.26 Å². The lowest BCUT2D eigenvalue weighted by molar-refractivity contribution is 0.777. The Labute approximate surface area is 125 Å². The molecule has 0 unspecified atom stereocenters. The summed E-state index contributed by atoms with van der Waals surface area (Å²) in [5.74, 6) is 0. The zero-order chi connectivity index (χ0) is 14.8. The van der Waals surface area contributed by atoms with E-state index in [9.17, 15) is 4.79 Å². The van der Waals surface area contributed by atoms with E-state index < -0.39 is 0 Å². The van der Waals surface area contributed by atoms with Crippen molar-refractivity contribution in [1.82, 2.24) is 9.55 Å². The molecule has 0 atom stereocenters. The standard InChI is InChI=1S/C16H13N3OS/c1-2-11-3-5-12(6-4-11)13-9-21-15-14(13)16(20)19(8-7-17)10-18-15/h3-6,9-10H,2,8H2,1H3. The van der Waals surface area contributed by atoms with Crippen molar-refractivity contribution >= 4 is 21.6 Å². The lowest BCUT2D eigenvalue weighted by Gasteiger charge is -2.03. The van der Waals surface area contributed by atoms with Gasteiger partial charge >= 0.3 is 0 Å². The van der Waals surface area contributed by atoms with Crippen molar-refractivity contribution in [3.8, 4) is 17.2 Å². The number of nitrogens with zero attached hydrogens (tertiary/aromatic N) is 3. The number of nitriles is 1. The second-order valence-corrected chi connectivity index (χ2v) is 5.57. The summed E-state index contributed by atoms with van der Waals surface area (Å²) in [6.07, 6.45) is 2.43. The Morgan fingerprint density at radius 1 is 1.33 bits per heavy atom. The van der Waals surface area contributed by atoms with Gasteiger partial charge in [0.15, 0.2) is 0 Å². The molecular weight excluding hydrogens is 282 g/mol. The molecular formula is C16H13N3OS. The van der Waals surface area contributed by atoms with Crippen LogP contribution >= 0.6 is 11.3 Å². The van der Waals surface area contributed by atoms with Crippen LogP contribution in [0.4, 0.5) is 0 Å². The molecule has 0 fully saturated rings. The number of aromatic nitrogens is 2. The fourth-order valence-corrected chi connectivity index (χ4v) is 3.20. The maximum absolute atomic E-state index is 12.5. The summed E-state index contributed by atoms with van der Waals surface area (Å²) >= 11 is 1.45. The molecule has 0 saturated heterocycles. The lowest BCUT2D eigenvalue weighted by atomic mass is 10.0. The molecule has 0 saturated carbocycles. The van der Waals surface area contributed by atoms with Crippen LogP contribution in [0, 0.1) is 11.3 Å². The Hall–Kier alpha value is -2.45. The van der Waals surface area contributed by atoms with Gasteiger partial charge in [-0.15, -0.1) is 11.3 Å². The zero-order valence-electron chi connectivity index (χ0n) is 11.5. The fraction of sp³-hybridized carbons (Fsp3) is 0.188. The van der Waals surface area contributed by atoms with Crippen molar-refractivity contribution in [1.29, 1.82) is 5.26 Å². The fourth-order valence-electron chi connectivity index (χ4n) is 2.29. The largest absolute Gasteiger partial charge is 0.285 e. The summed E-state index contributed by atoms with van der Waals surface area (Å²) in [7, 11) is 0. The topological polar surface area (TPSA) is 58.7 Å². The second-order valence-electron chi connectivity index (χ2n) is 4.72. The highest BCUT2D eigenvalue weighted by atomic mass is 32.1. The van der Waals surface area contributed by atoms with Crippen LogP contribution in [0.2, 0.25) is 0 Å². The van der Waals surface area contributed by atoms with Crippen LogP contribution in [-0.2, 0) is 13.0 Å². The highest BCUT2D eigenvalue weighted by Gasteiger charge is 2.13. The Kier molecular flexibility index (Phi) is 3.55. The van der Waals surface area contributed by atoms with Crippen LogP contribution < -0.4 is 5.56 Å². The van der Waals surface area contributed by atoms with Crippen molar-refractivity contribution in [3.63, 3.8) is 0 Å². The van der Waals surface area contributed by atoms with Crippen molar-refractivity contribution < 1.29 is 0 Å². The van der Waals surface area contributed by atoms with Gasteiger partial charge in [0.1, 0.15) is 17.7 Å². The summed E-state index contributed by atoms with van der Waals surface area (Å²) < 4.78 is 1.35. The molecule has 0 N–H and O–H groups in total. The summed E-state index contributed by atoms with van der Waals surface area (Å²) in [5.41, 5.74) is 3.00. The normalized spacial score (nSPS) is 10.7. The quantitative estimate of drug-likeness (QED) is 0.745. The summed E-state index contributed by atoms with van der Waals surface area (Å²) in [5, 5.41) is 11.3. The minimum Gasteiger partial charge on any atom is -0.285 e. The van der Waals surface area contributed by atoms with E-state index in [4.69, 9.17) is 5.26 Å². The SMILES string of the molecule is CCc1ccc(-c2csc3ncn(CC#N)c(=O)c23)cc1. The van der Waals surface area contributed by atoms with Crippen molar-refractivity contribution in [2.24, 2.45) is 0 Å². The molecule has 0 aliphatic carbocycles. The molecule has 3 rings (SSSR count). The first-order valence-electron chi connectivity index (χ1n) is 6.67. The lowest BCUT2D eigenvalue weighted by Crippen LogP contribution is -2.19. The van der Waals surface area contributed by atoms with E-state index in [0.717, 1.165) is 17.5 Å². The molecule has 0 amide bonds. The Morgan fingerprint density at radius 3 is 2.76 bits per heavy atom. The van der Waals surface area contributed by atoms with Crippen molar-refractivity contribution in [2.45, 2.75) is 19.9 Å². The van der Waals surface area contributed by atoms with Gasteiger partial charge in [-0.05, 0) is 17.5 Å². The number of benzene rings is 1. The molecule has 0 bridgehead atoms. The van der Waals surface area contributed by atoms with Crippen LogP contribution in [0.5, 0.6) is 0 Å². The molecule has 0 spiro atoms. The highest BCUT2D eigenvalue weighted by Crippen LogP contribution is 2.30. The molecule has 0 radical (unpaired) electrons. The van der Waals surface area contributed by atoms with Gasteiger partial charge in [-0.1, -0.05) is 31.2 Å². The van der Waals surface area contributed by atoms with E-state index >= 15 is 0 Å². The van der Waals surface area contributed by atoms with Crippen LogP contribution in [-0.4, -0.2) is 9.55 Å². The molecule has 2 aromatic heterocycles. The molecule has 1 aromatic carbocycles. The predicted octanol–water partition coefficient (Wildman–Crippen LogP) is 3.21. The number of rotatable bonds is 3.